The van der Waals surface area contributed by atoms with Crippen molar-refractivity contribution in [1.82, 2.24) is 9.13 Å². The lowest BCUT2D eigenvalue weighted by molar-refractivity contribution is -0.122. The van der Waals surface area contributed by atoms with Crippen LogP contribution in [0.4, 0.5) is 11.5 Å². The van der Waals surface area contributed by atoms with Gasteiger partial charge in [-0.25, -0.2) is 4.79 Å². The lowest BCUT2D eigenvalue weighted by atomic mass is 9.99. The third-order valence-corrected chi connectivity index (χ3v) is 5.28. The smallest absolute Gasteiger partial charge is 0.332 e. The van der Waals surface area contributed by atoms with Crippen molar-refractivity contribution in [3.8, 4) is 11.5 Å². The highest BCUT2D eigenvalue weighted by Gasteiger charge is 2.38. The van der Waals surface area contributed by atoms with E-state index in [4.69, 9.17) is 9.47 Å². The van der Waals surface area contributed by atoms with E-state index >= 15 is 0 Å². The van der Waals surface area contributed by atoms with Gasteiger partial charge in [-0.1, -0.05) is 13.3 Å². The number of carbonyl (C=O) groups is 2. The first-order chi connectivity index (χ1) is 14.8. The monoisotopic (exact) mass is 430 g/mol. The minimum atomic E-state index is -0.984. The molecule has 10 heteroatoms. The number of rotatable bonds is 8. The average molecular weight is 430 g/mol. The Balaban J connectivity index is 1.88. The SMILES string of the molecule is CCCCn1c2c(c(=O)n(C)c1=O)[C@H](CC(=O)Nc1ccc(OC)c(OC)c1)C(=O)N2. The summed E-state index contributed by atoms with van der Waals surface area (Å²) in [6.07, 6.45) is 1.31. The third-order valence-electron chi connectivity index (χ3n) is 5.28. The highest BCUT2D eigenvalue weighted by atomic mass is 16.5. The summed E-state index contributed by atoms with van der Waals surface area (Å²) < 4.78 is 12.8. The summed E-state index contributed by atoms with van der Waals surface area (Å²) in [7, 11) is 4.36. The van der Waals surface area contributed by atoms with E-state index in [0.29, 0.717) is 30.2 Å². The molecule has 2 amide bonds. The molecule has 2 heterocycles. The number of nitrogens with zero attached hydrogens (tertiary/aromatic N) is 2. The van der Waals surface area contributed by atoms with Crippen molar-refractivity contribution in [2.45, 2.75) is 38.6 Å². The molecule has 3 rings (SSSR count). The molecule has 2 aromatic rings. The molecule has 1 aliphatic heterocycles. The maximum atomic E-state index is 12.8. The van der Waals surface area contributed by atoms with Crippen LogP contribution in [-0.4, -0.2) is 35.2 Å². The van der Waals surface area contributed by atoms with Crippen LogP contribution in [0, 0.1) is 0 Å². The van der Waals surface area contributed by atoms with Gasteiger partial charge in [0.25, 0.3) is 5.56 Å². The first-order valence-electron chi connectivity index (χ1n) is 9.98. The van der Waals surface area contributed by atoms with Crippen LogP contribution in [0.1, 0.15) is 37.7 Å². The third kappa shape index (κ3) is 4.18. The Hall–Kier alpha value is -3.56. The van der Waals surface area contributed by atoms with Crippen LogP contribution in [0.5, 0.6) is 11.5 Å². The largest absolute Gasteiger partial charge is 0.493 e. The molecule has 1 atom stereocenters. The van der Waals surface area contributed by atoms with Crippen molar-refractivity contribution in [2.75, 3.05) is 24.9 Å². The Morgan fingerprint density at radius 1 is 1.16 bits per heavy atom. The van der Waals surface area contributed by atoms with E-state index in [1.165, 1.54) is 25.8 Å². The number of carbonyl (C=O) groups excluding carboxylic acids is 2. The number of unbranched alkanes of at least 4 members (excludes halogenated alkanes) is 1. The average Bonchev–Trinajstić information content (AvgIpc) is 3.07. The molecule has 0 saturated heterocycles. The van der Waals surface area contributed by atoms with E-state index in [0.717, 1.165) is 11.0 Å². The number of hydrogen-bond acceptors (Lipinski definition) is 6. The summed E-state index contributed by atoms with van der Waals surface area (Å²) in [5, 5.41) is 5.34. The quantitative estimate of drug-likeness (QED) is 0.654. The van der Waals surface area contributed by atoms with Gasteiger partial charge in [0.05, 0.1) is 25.7 Å². The van der Waals surface area contributed by atoms with Crippen molar-refractivity contribution < 1.29 is 19.1 Å². The van der Waals surface area contributed by atoms with Gasteiger partial charge in [0.15, 0.2) is 11.5 Å². The standard InChI is InChI=1S/C21H26N4O6/c1-5-6-9-25-18-17(20(28)24(2)21(25)29)13(19(27)23-18)11-16(26)22-12-7-8-14(30-3)15(10-12)31-4/h7-8,10,13H,5-6,9,11H2,1-4H3,(H,22,26)(H,23,27)/t13-/m0/s1. The summed E-state index contributed by atoms with van der Waals surface area (Å²) in [5.74, 6) is -0.770. The highest BCUT2D eigenvalue weighted by Crippen LogP contribution is 2.33. The fraction of sp³-hybridized carbons (Fsp3) is 0.429. The van der Waals surface area contributed by atoms with Gasteiger partial charge in [-0.15, -0.1) is 0 Å². The van der Waals surface area contributed by atoms with Gasteiger partial charge in [0.1, 0.15) is 5.82 Å². The molecule has 0 saturated carbocycles. The number of aromatic nitrogens is 2. The molecule has 10 nitrogen and oxygen atoms in total. The number of nitrogens with one attached hydrogen (secondary N) is 2. The van der Waals surface area contributed by atoms with E-state index in [-0.39, 0.29) is 17.8 Å². The van der Waals surface area contributed by atoms with Crippen LogP contribution in [-0.2, 0) is 23.2 Å². The molecule has 1 aromatic heterocycles. The molecule has 2 N–H and O–H groups in total. The van der Waals surface area contributed by atoms with E-state index in [9.17, 15) is 19.2 Å². The van der Waals surface area contributed by atoms with Crippen LogP contribution in [0.15, 0.2) is 27.8 Å². The summed E-state index contributed by atoms with van der Waals surface area (Å²) in [6.45, 7) is 2.35. The highest BCUT2D eigenvalue weighted by molar-refractivity contribution is 6.05. The molecule has 0 fully saturated rings. The van der Waals surface area contributed by atoms with Gasteiger partial charge in [-0.3, -0.25) is 23.5 Å². The van der Waals surface area contributed by atoms with Crippen molar-refractivity contribution in [3.63, 3.8) is 0 Å². The number of anilines is 2. The number of hydrogen-bond donors (Lipinski definition) is 2. The molecular formula is C21H26N4O6. The molecule has 31 heavy (non-hydrogen) atoms. The zero-order chi connectivity index (χ0) is 22.7. The van der Waals surface area contributed by atoms with Crippen molar-refractivity contribution >= 4 is 23.3 Å². The van der Waals surface area contributed by atoms with Gasteiger partial charge in [-0.05, 0) is 18.6 Å². The van der Waals surface area contributed by atoms with E-state index in [2.05, 4.69) is 10.6 Å². The topological polar surface area (TPSA) is 121 Å². The number of methoxy groups -OCH3 is 2. The molecule has 1 aliphatic rings. The first kappa shape index (κ1) is 22.1. The van der Waals surface area contributed by atoms with Gasteiger partial charge in [-0.2, -0.15) is 0 Å². The van der Waals surface area contributed by atoms with Gasteiger partial charge >= 0.3 is 5.69 Å². The van der Waals surface area contributed by atoms with Crippen LogP contribution >= 0.6 is 0 Å². The number of benzene rings is 1. The van der Waals surface area contributed by atoms with Gasteiger partial charge in [0.2, 0.25) is 11.8 Å². The Morgan fingerprint density at radius 3 is 2.52 bits per heavy atom. The zero-order valence-electron chi connectivity index (χ0n) is 18.0. The second-order valence-corrected chi connectivity index (χ2v) is 7.28. The predicted octanol–water partition coefficient (Wildman–Crippen LogP) is 1.43. The molecule has 1 aromatic carbocycles. The maximum Gasteiger partial charge on any atom is 0.332 e. The Bertz CT molecular complexity index is 1130. The van der Waals surface area contributed by atoms with Crippen LogP contribution in [0.2, 0.25) is 0 Å². The fourth-order valence-corrected chi connectivity index (χ4v) is 3.60. The summed E-state index contributed by atoms with van der Waals surface area (Å²) in [5.41, 5.74) is -0.462. The van der Waals surface area contributed by atoms with Crippen molar-refractivity contribution in [2.24, 2.45) is 7.05 Å². The lowest BCUT2D eigenvalue weighted by Gasteiger charge is -2.14. The second-order valence-electron chi connectivity index (χ2n) is 7.28. The predicted molar refractivity (Wildman–Crippen MR) is 115 cm³/mol. The molecular weight excluding hydrogens is 404 g/mol. The molecule has 0 unspecified atom stereocenters. The first-order valence-corrected chi connectivity index (χ1v) is 9.98. The lowest BCUT2D eigenvalue weighted by Crippen LogP contribution is -2.40. The molecule has 0 spiro atoms. The summed E-state index contributed by atoms with van der Waals surface area (Å²) in [4.78, 5) is 50.5. The van der Waals surface area contributed by atoms with Gasteiger partial charge < -0.3 is 20.1 Å². The number of ether oxygens (including phenoxy) is 2. The van der Waals surface area contributed by atoms with Crippen molar-refractivity contribution in [1.29, 1.82) is 0 Å². The number of fused-ring (bicyclic) bond motifs is 1. The van der Waals surface area contributed by atoms with E-state index in [1.54, 1.807) is 18.2 Å². The number of amides is 2. The zero-order valence-corrected chi connectivity index (χ0v) is 18.0. The molecule has 0 aliphatic carbocycles. The second kappa shape index (κ2) is 9.07. The molecule has 0 radical (unpaired) electrons. The minimum absolute atomic E-state index is 0.144. The minimum Gasteiger partial charge on any atom is -0.493 e. The van der Waals surface area contributed by atoms with Crippen molar-refractivity contribution in [3.05, 3.63) is 44.6 Å². The Kier molecular flexibility index (Phi) is 6.47. The molecule has 0 bridgehead atoms. The Labute approximate surface area is 178 Å². The summed E-state index contributed by atoms with van der Waals surface area (Å²) in [6, 6.07) is 4.89. The fourth-order valence-electron chi connectivity index (χ4n) is 3.60. The van der Waals surface area contributed by atoms with Crippen LogP contribution in [0.3, 0.4) is 0 Å². The normalized spacial score (nSPS) is 14.7. The van der Waals surface area contributed by atoms with Gasteiger partial charge in [0, 0.05) is 31.8 Å². The maximum absolute atomic E-state index is 12.8. The van der Waals surface area contributed by atoms with Crippen LogP contribution < -0.4 is 31.4 Å². The molecule has 166 valence electrons. The van der Waals surface area contributed by atoms with E-state index in [1.807, 2.05) is 6.92 Å². The summed E-state index contributed by atoms with van der Waals surface area (Å²) >= 11 is 0. The Morgan fingerprint density at radius 2 is 1.87 bits per heavy atom. The van der Waals surface area contributed by atoms with E-state index < -0.39 is 29.0 Å². The van der Waals surface area contributed by atoms with Crippen LogP contribution in [0.25, 0.3) is 0 Å².